The van der Waals surface area contributed by atoms with Gasteiger partial charge in [0.25, 0.3) is 5.91 Å². The summed E-state index contributed by atoms with van der Waals surface area (Å²) in [7, 11) is 0. The number of hydrogen-bond acceptors (Lipinski definition) is 5. The molecular weight excluding hydrogens is 609 g/mol. The first kappa shape index (κ1) is 33.6. The molecule has 12 heteroatoms. The Hall–Kier alpha value is -4.29. The van der Waals surface area contributed by atoms with Gasteiger partial charge in [-0.25, -0.2) is 0 Å². The van der Waals surface area contributed by atoms with E-state index >= 15 is 0 Å². The molecule has 0 fully saturated rings. The number of alkyl halides is 3. The Labute approximate surface area is 261 Å². The molecule has 0 saturated heterocycles. The molecule has 0 saturated carbocycles. The molecule has 238 valence electrons. The summed E-state index contributed by atoms with van der Waals surface area (Å²) < 4.78 is 54.8. The highest BCUT2D eigenvalue weighted by molar-refractivity contribution is 7.90. The molecule has 3 aromatic rings. The maximum Gasteiger partial charge on any atom is 0.573 e. The molecule has 4 rings (SSSR count). The number of allylic oxidation sites excluding steroid dienone is 2. The fourth-order valence-electron chi connectivity index (χ4n) is 5.05. The summed E-state index contributed by atoms with van der Waals surface area (Å²) in [4.78, 5) is 36.6. The van der Waals surface area contributed by atoms with Gasteiger partial charge in [0.15, 0.2) is 10.6 Å². The first-order valence-electron chi connectivity index (χ1n) is 14.3. The number of carboxylic acids is 1. The van der Waals surface area contributed by atoms with Crippen molar-refractivity contribution in [3.8, 4) is 5.75 Å². The minimum absolute atomic E-state index is 0.0122. The van der Waals surface area contributed by atoms with Crippen LogP contribution in [0.4, 0.5) is 18.9 Å². The van der Waals surface area contributed by atoms with Crippen molar-refractivity contribution < 1.29 is 42.0 Å². The number of ether oxygens (including phenoxy) is 1. The number of carbonyl (C=O) groups is 3. The van der Waals surface area contributed by atoms with E-state index in [1.165, 1.54) is 24.0 Å². The Balaban J connectivity index is 1.58. The minimum Gasteiger partial charge on any atom is -0.612 e. The van der Waals surface area contributed by atoms with Crippen molar-refractivity contribution in [3.63, 3.8) is 0 Å². The second-order valence-corrected chi connectivity index (χ2v) is 12.0. The zero-order chi connectivity index (χ0) is 32.6. The highest BCUT2D eigenvalue weighted by atomic mass is 32.2. The van der Waals surface area contributed by atoms with Crippen LogP contribution in [0.5, 0.6) is 5.75 Å². The van der Waals surface area contributed by atoms with Crippen LogP contribution in [0, 0.1) is 0 Å². The molecule has 3 N–H and O–H groups in total. The molecule has 3 aromatic carbocycles. The van der Waals surface area contributed by atoms with E-state index in [2.05, 4.69) is 21.4 Å². The SMILES string of the molecule is C[S+]([O-])c1cc(NC(=O)C(Cc2ccc(C(=O)NCCC(=O)O)cc2)c2ccc(C3=CCCCC3)cc2)ccc1OC(F)(F)F. The molecule has 0 spiro atoms. The van der Waals surface area contributed by atoms with Crippen LogP contribution in [0.1, 0.15) is 65.1 Å². The van der Waals surface area contributed by atoms with Gasteiger partial charge in [-0.05, 0) is 89.8 Å². The lowest BCUT2D eigenvalue weighted by Crippen LogP contribution is -2.26. The van der Waals surface area contributed by atoms with Gasteiger partial charge in [-0.3, -0.25) is 14.4 Å². The summed E-state index contributed by atoms with van der Waals surface area (Å²) in [6, 6.07) is 17.7. The van der Waals surface area contributed by atoms with Crippen LogP contribution in [-0.4, -0.2) is 46.6 Å². The predicted octanol–water partition coefficient (Wildman–Crippen LogP) is 6.45. The number of hydrogen-bond donors (Lipinski definition) is 3. The van der Waals surface area contributed by atoms with Crippen molar-refractivity contribution in [2.75, 3.05) is 18.1 Å². The van der Waals surface area contributed by atoms with Crippen molar-refractivity contribution in [1.29, 1.82) is 0 Å². The van der Waals surface area contributed by atoms with E-state index in [1.807, 2.05) is 24.3 Å². The number of halogens is 3. The average Bonchev–Trinajstić information content (AvgIpc) is 3.00. The van der Waals surface area contributed by atoms with Crippen LogP contribution in [0.3, 0.4) is 0 Å². The number of carbonyl (C=O) groups excluding carboxylic acids is 2. The second-order valence-electron chi connectivity index (χ2n) is 10.6. The van der Waals surface area contributed by atoms with Crippen molar-refractivity contribution >= 4 is 40.2 Å². The molecule has 2 unspecified atom stereocenters. The van der Waals surface area contributed by atoms with Crippen LogP contribution in [0.15, 0.2) is 77.7 Å². The van der Waals surface area contributed by atoms with Crippen LogP contribution in [-0.2, 0) is 27.2 Å². The van der Waals surface area contributed by atoms with Gasteiger partial charge in [0.2, 0.25) is 5.91 Å². The zero-order valence-corrected chi connectivity index (χ0v) is 25.3. The topological polar surface area (TPSA) is 128 Å². The third-order valence-electron chi connectivity index (χ3n) is 7.32. The molecule has 0 aromatic heterocycles. The van der Waals surface area contributed by atoms with E-state index in [9.17, 15) is 32.1 Å². The number of benzene rings is 3. The quantitative estimate of drug-likeness (QED) is 0.195. The van der Waals surface area contributed by atoms with E-state index in [4.69, 9.17) is 5.11 Å². The highest BCUT2D eigenvalue weighted by Gasteiger charge is 2.34. The van der Waals surface area contributed by atoms with Crippen molar-refractivity contribution in [2.24, 2.45) is 0 Å². The van der Waals surface area contributed by atoms with Gasteiger partial charge in [0.1, 0.15) is 6.26 Å². The van der Waals surface area contributed by atoms with E-state index in [-0.39, 0.29) is 30.0 Å². The first-order valence-corrected chi connectivity index (χ1v) is 15.9. The normalized spacial score (nSPS) is 14.6. The number of amides is 2. The van der Waals surface area contributed by atoms with Crippen LogP contribution in [0.25, 0.3) is 5.57 Å². The lowest BCUT2D eigenvalue weighted by atomic mass is 9.88. The van der Waals surface area contributed by atoms with Gasteiger partial charge >= 0.3 is 12.3 Å². The van der Waals surface area contributed by atoms with Crippen molar-refractivity contribution in [2.45, 2.75) is 55.7 Å². The molecule has 45 heavy (non-hydrogen) atoms. The Bertz CT molecular complexity index is 1540. The lowest BCUT2D eigenvalue weighted by Gasteiger charge is -2.20. The van der Waals surface area contributed by atoms with Crippen LogP contribution in [0.2, 0.25) is 0 Å². The van der Waals surface area contributed by atoms with Crippen LogP contribution < -0.4 is 15.4 Å². The maximum absolute atomic E-state index is 13.7. The lowest BCUT2D eigenvalue weighted by molar-refractivity contribution is -0.275. The van der Waals surface area contributed by atoms with Gasteiger partial charge in [-0.1, -0.05) is 42.5 Å². The molecular formula is C33H33F3N2O6S. The largest absolute Gasteiger partial charge is 0.612 e. The molecule has 1 aliphatic rings. The molecule has 0 aliphatic heterocycles. The molecule has 8 nitrogen and oxygen atoms in total. The van der Waals surface area contributed by atoms with E-state index in [0.29, 0.717) is 11.1 Å². The van der Waals surface area contributed by atoms with Gasteiger partial charge in [-0.2, -0.15) is 0 Å². The summed E-state index contributed by atoms with van der Waals surface area (Å²) >= 11 is -1.84. The summed E-state index contributed by atoms with van der Waals surface area (Å²) in [6.45, 7) is -0.0122. The smallest absolute Gasteiger partial charge is 0.573 e. The van der Waals surface area contributed by atoms with E-state index in [0.717, 1.165) is 42.9 Å². The van der Waals surface area contributed by atoms with Crippen molar-refractivity contribution in [3.05, 3.63) is 95.1 Å². The Morgan fingerprint density at radius 1 is 1.02 bits per heavy atom. The molecule has 0 bridgehead atoms. The molecule has 2 atom stereocenters. The minimum atomic E-state index is -4.97. The molecule has 2 amide bonds. The molecule has 1 aliphatic carbocycles. The van der Waals surface area contributed by atoms with E-state index in [1.54, 1.807) is 24.3 Å². The van der Waals surface area contributed by atoms with Crippen LogP contribution >= 0.6 is 0 Å². The monoisotopic (exact) mass is 642 g/mol. The number of nitrogens with one attached hydrogen (secondary N) is 2. The number of aliphatic carboxylic acids is 1. The standard InChI is InChI=1S/C33H33F3N2O6S/c1-45(43)29-20-26(15-16-28(29)44-33(34,35)36)38-32(42)27(24-13-11-23(12-14-24)22-5-3-2-4-6-22)19-21-7-9-25(10-8-21)31(41)37-18-17-30(39)40/h5,7-16,20,27H,2-4,6,17-19H2,1H3,(H,37,41)(H,38,42)(H,39,40). The van der Waals surface area contributed by atoms with Gasteiger partial charge < -0.3 is 25.0 Å². The summed E-state index contributed by atoms with van der Waals surface area (Å²) in [6.07, 6.45) is 2.77. The average molecular weight is 643 g/mol. The zero-order valence-electron chi connectivity index (χ0n) is 24.5. The molecule has 0 radical (unpaired) electrons. The molecule has 0 heterocycles. The van der Waals surface area contributed by atoms with Gasteiger partial charge in [0, 0.05) is 23.9 Å². The fraction of sp³-hybridized carbons (Fsp3) is 0.303. The fourth-order valence-corrected chi connectivity index (χ4v) is 5.74. The summed E-state index contributed by atoms with van der Waals surface area (Å²) in [5.41, 5.74) is 4.26. The summed E-state index contributed by atoms with van der Waals surface area (Å²) in [5, 5.41) is 14.1. The highest BCUT2D eigenvalue weighted by Crippen LogP contribution is 2.33. The third-order valence-corrected chi connectivity index (χ3v) is 8.26. The third kappa shape index (κ3) is 9.85. The summed E-state index contributed by atoms with van der Waals surface area (Å²) in [5.74, 6) is -3.23. The Kier molecular flexibility index (Phi) is 11.3. The number of anilines is 1. The van der Waals surface area contributed by atoms with Crippen molar-refractivity contribution in [1.82, 2.24) is 5.32 Å². The first-order chi connectivity index (χ1) is 21.4. The predicted molar refractivity (Wildman–Crippen MR) is 164 cm³/mol. The van der Waals surface area contributed by atoms with Gasteiger partial charge in [0.05, 0.1) is 12.3 Å². The van der Waals surface area contributed by atoms with E-state index < -0.39 is 47.0 Å². The Morgan fingerprint density at radius 3 is 2.33 bits per heavy atom. The maximum atomic E-state index is 13.7. The Morgan fingerprint density at radius 2 is 1.73 bits per heavy atom. The second kappa shape index (κ2) is 15.1. The van der Waals surface area contributed by atoms with Gasteiger partial charge in [-0.15, -0.1) is 13.2 Å². The number of carboxylic acid groups (broad SMARTS) is 1. The number of rotatable bonds is 12.